The van der Waals surface area contributed by atoms with Crippen LogP contribution in [0.15, 0.2) is 18.2 Å². The molecule has 0 aliphatic carbocycles. The molecule has 1 aromatic rings. The van der Waals surface area contributed by atoms with E-state index >= 15 is 0 Å². The minimum Gasteiger partial charge on any atom is -0.496 e. The maximum atomic E-state index is 8.86. The molecule has 0 radical (unpaired) electrons. The number of hydrogen-bond acceptors (Lipinski definition) is 3. The predicted octanol–water partition coefficient (Wildman–Crippen LogP) is 2.41. The second kappa shape index (κ2) is 6.14. The molecule has 0 heterocycles. The van der Waals surface area contributed by atoms with Crippen molar-refractivity contribution in [2.24, 2.45) is 0 Å². The van der Waals surface area contributed by atoms with E-state index in [0.29, 0.717) is 5.56 Å². The highest BCUT2D eigenvalue weighted by atomic mass is 16.5. The van der Waals surface area contributed by atoms with Crippen LogP contribution in [-0.4, -0.2) is 25.6 Å². The molecule has 0 spiro atoms. The first-order chi connectivity index (χ1) is 7.71. The first-order valence-corrected chi connectivity index (χ1v) is 5.46. The molecule has 3 nitrogen and oxygen atoms in total. The summed E-state index contributed by atoms with van der Waals surface area (Å²) in [5.74, 6) is 0.849. The van der Waals surface area contributed by atoms with Crippen LogP contribution in [0, 0.1) is 11.3 Å². The maximum absolute atomic E-state index is 8.86. The van der Waals surface area contributed by atoms with Gasteiger partial charge in [0.1, 0.15) is 5.75 Å². The molecule has 16 heavy (non-hydrogen) atoms. The fourth-order valence-electron chi connectivity index (χ4n) is 1.72. The van der Waals surface area contributed by atoms with E-state index < -0.39 is 0 Å². The lowest BCUT2D eigenvalue weighted by atomic mass is 10.1. The van der Waals surface area contributed by atoms with Crippen molar-refractivity contribution < 1.29 is 4.74 Å². The first kappa shape index (κ1) is 12.5. The largest absolute Gasteiger partial charge is 0.496 e. The number of nitrogens with zero attached hydrogens (tertiary/aromatic N) is 2. The molecule has 0 saturated carbocycles. The van der Waals surface area contributed by atoms with Crippen molar-refractivity contribution in [2.75, 3.05) is 20.7 Å². The smallest absolute Gasteiger partial charge is 0.123 e. The lowest BCUT2D eigenvalue weighted by Gasteiger charge is -2.17. The Balaban J connectivity index is 2.87. The third kappa shape index (κ3) is 3.25. The van der Waals surface area contributed by atoms with Crippen LogP contribution in [0.5, 0.6) is 5.75 Å². The van der Waals surface area contributed by atoms with Crippen molar-refractivity contribution in [1.82, 2.24) is 4.90 Å². The summed E-state index contributed by atoms with van der Waals surface area (Å²) in [4.78, 5) is 2.22. The third-order valence-electron chi connectivity index (χ3n) is 2.46. The normalized spacial score (nSPS) is 10.2. The Labute approximate surface area is 97.3 Å². The van der Waals surface area contributed by atoms with Crippen LogP contribution in [0.25, 0.3) is 0 Å². The summed E-state index contributed by atoms with van der Waals surface area (Å²) >= 11 is 0. The zero-order valence-corrected chi connectivity index (χ0v) is 10.2. The van der Waals surface area contributed by atoms with Crippen molar-refractivity contribution in [3.8, 4) is 11.8 Å². The van der Waals surface area contributed by atoms with Gasteiger partial charge in [-0.3, -0.25) is 0 Å². The molecule has 0 atom stereocenters. The van der Waals surface area contributed by atoms with Crippen LogP contribution in [0.1, 0.15) is 24.5 Å². The standard InChI is InChI=1S/C13H18N2O/c1-4-7-15(2)10-12-8-11(9-14)5-6-13(12)16-3/h5-6,8H,4,7,10H2,1-3H3. The fraction of sp³-hybridized carbons (Fsp3) is 0.462. The van der Waals surface area contributed by atoms with Crippen molar-refractivity contribution in [3.05, 3.63) is 29.3 Å². The Morgan fingerprint density at radius 2 is 2.19 bits per heavy atom. The number of rotatable bonds is 5. The molecule has 0 N–H and O–H groups in total. The molecule has 0 bridgehead atoms. The predicted molar refractivity (Wildman–Crippen MR) is 64.3 cm³/mol. The van der Waals surface area contributed by atoms with E-state index in [9.17, 15) is 0 Å². The number of ether oxygens (including phenoxy) is 1. The van der Waals surface area contributed by atoms with Crippen LogP contribution in [0.4, 0.5) is 0 Å². The fourth-order valence-corrected chi connectivity index (χ4v) is 1.72. The molecule has 0 aliphatic heterocycles. The van der Waals surface area contributed by atoms with Crippen LogP contribution >= 0.6 is 0 Å². The summed E-state index contributed by atoms with van der Waals surface area (Å²) in [6, 6.07) is 7.68. The molecule has 0 amide bonds. The lowest BCUT2D eigenvalue weighted by molar-refractivity contribution is 0.318. The highest BCUT2D eigenvalue weighted by molar-refractivity contribution is 5.41. The molecule has 0 aromatic heterocycles. The lowest BCUT2D eigenvalue weighted by Crippen LogP contribution is -2.18. The van der Waals surface area contributed by atoms with Gasteiger partial charge in [-0.25, -0.2) is 0 Å². The zero-order valence-electron chi connectivity index (χ0n) is 10.2. The van der Waals surface area contributed by atoms with Crippen molar-refractivity contribution in [1.29, 1.82) is 5.26 Å². The van der Waals surface area contributed by atoms with Crippen LogP contribution in [-0.2, 0) is 6.54 Å². The monoisotopic (exact) mass is 218 g/mol. The van der Waals surface area contributed by atoms with Crippen molar-refractivity contribution in [3.63, 3.8) is 0 Å². The second-order valence-electron chi connectivity index (χ2n) is 3.88. The van der Waals surface area contributed by atoms with Gasteiger partial charge in [0.2, 0.25) is 0 Å². The molecule has 1 rings (SSSR count). The second-order valence-corrected chi connectivity index (χ2v) is 3.88. The number of hydrogen-bond donors (Lipinski definition) is 0. The van der Waals surface area contributed by atoms with Gasteiger partial charge in [-0.15, -0.1) is 0 Å². The van der Waals surface area contributed by atoms with Gasteiger partial charge in [0, 0.05) is 12.1 Å². The van der Waals surface area contributed by atoms with E-state index in [1.165, 1.54) is 0 Å². The number of methoxy groups -OCH3 is 1. The molecule has 0 fully saturated rings. The van der Waals surface area contributed by atoms with E-state index in [1.54, 1.807) is 13.2 Å². The van der Waals surface area contributed by atoms with Crippen molar-refractivity contribution in [2.45, 2.75) is 19.9 Å². The van der Waals surface area contributed by atoms with Crippen LogP contribution in [0.3, 0.4) is 0 Å². The van der Waals surface area contributed by atoms with Crippen LogP contribution < -0.4 is 4.74 Å². The molecule has 0 aliphatic rings. The summed E-state index contributed by atoms with van der Waals surface area (Å²) in [5, 5.41) is 8.86. The summed E-state index contributed by atoms with van der Waals surface area (Å²) in [5.41, 5.74) is 1.75. The van der Waals surface area contributed by atoms with E-state index in [-0.39, 0.29) is 0 Å². The first-order valence-electron chi connectivity index (χ1n) is 5.46. The summed E-state index contributed by atoms with van der Waals surface area (Å²) in [7, 11) is 3.73. The SMILES string of the molecule is CCCN(C)Cc1cc(C#N)ccc1OC. The Bertz CT molecular complexity index is 382. The summed E-state index contributed by atoms with van der Waals surface area (Å²) < 4.78 is 5.29. The highest BCUT2D eigenvalue weighted by Gasteiger charge is 2.06. The van der Waals surface area contributed by atoms with Crippen LogP contribution in [0.2, 0.25) is 0 Å². The molecular weight excluding hydrogens is 200 g/mol. The molecular formula is C13H18N2O. The number of nitriles is 1. The van der Waals surface area contributed by atoms with Gasteiger partial charge in [0.05, 0.1) is 18.7 Å². The van der Waals surface area contributed by atoms with Gasteiger partial charge in [-0.1, -0.05) is 6.92 Å². The Hall–Kier alpha value is -1.53. The molecule has 0 saturated heterocycles. The van der Waals surface area contributed by atoms with Gasteiger partial charge >= 0.3 is 0 Å². The Morgan fingerprint density at radius 3 is 2.75 bits per heavy atom. The molecule has 3 heteroatoms. The average Bonchev–Trinajstić information content (AvgIpc) is 2.29. The third-order valence-corrected chi connectivity index (χ3v) is 2.46. The maximum Gasteiger partial charge on any atom is 0.123 e. The Morgan fingerprint density at radius 1 is 1.44 bits per heavy atom. The van der Waals surface area contributed by atoms with E-state index in [0.717, 1.165) is 30.8 Å². The Kier molecular flexibility index (Phi) is 4.81. The van der Waals surface area contributed by atoms with Gasteiger partial charge in [0.15, 0.2) is 0 Å². The van der Waals surface area contributed by atoms with E-state index in [2.05, 4.69) is 24.9 Å². The minimum absolute atomic E-state index is 0.681. The van der Waals surface area contributed by atoms with Gasteiger partial charge in [-0.2, -0.15) is 5.26 Å². The van der Waals surface area contributed by atoms with E-state index in [4.69, 9.17) is 10.00 Å². The van der Waals surface area contributed by atoms with Crippen molar-refractivity contribution >= 4 is 0 Å². The molecule has 1 aromatic carbocycles. The minimum atomic E-state index is 0.681. The summed E-state index contributed by atoms with van der Waals surface area (Å²) in [6.07, 6.45) is 1.12. The van der Waals surface area contributed by atoms with Gasteiger partial charge in [0.25, 0.3) is 0 Å². The summed E-state index contributed by atoms with van der Waals surface area (Å²) in [6.45, 7) is 4.01. The highest BCUT2D eigenvalue weighted by Crippen LogP contribution is 2.20. The number of benzene rings is 1. The quantitative estimate of drug-likeness (QED) is 0.761. The van der Waals surface area contributed by atoms with Gasteiger partial charge in [-0.05, 0) is 38.2 Å². The molecule has 86 valence electrons. The topological polar surface area (TPSA) is 36.3 Å². The molecule has 0 unspecified atom stereocenters. The van der Waals surface area contributed by atoms with E-state index in [1.807, 2.05) is 12.1 Å². The average molecular weight is 218 g/mol. The zero-order chi connectivity index (χ0) is 12.0. The van der Waals surface area contributed by atoms with Gasteiger partial charge < -0.3 is 9.64 Å².